The number of imidazole rings is 1. The van der Waals surface area contributed by atoms with Gasteiger partial charge in [-0.2, -0.15) is 0 Å². The quantitative estimate of drug-likeness (QED) is 0.556. The Morgan fingerprint density at radius 2 is 1.67 bits per heavy atom. The fourth-order valence-corrected chi connectivity index (χ4v) is 2.13. The van der Waals surface area contributed by atoms with E-state index in [1.165, 1.54) is 0 Å². The summed E-state index contributed by atoms with van der Waals surface area (Å²) in [6.07, 6.45) is 0. The van der Waals surface area contributed by atoms with Gasteiger partial charge >= 0.3 is 0 Å². The second-order valence-electron chi connectivity index (χ2n) is 4.81. The van der Waals surface area contributed by atoms with Crippen LogP contribution in [-0.4, -0.2) is 25.7 Å². The number of aromatic amines is 1. The third-order valence-corrected chi connectivity index (χ3v) is 3.21. The number of fused-ring (bicyclic) bond motifs is 1. The molecule has 0 saturated carbocycles. The largest absolute Gasteiger partial charge is 0.324 e. The number of carbonyl (C=O) groups excluding carboxylic acids is 1. The Bertz CT molecular complexity index is 915. The van der Waals surface area contributed by atoms with Gasteiger partial charge in [-0.25, -0.2) is 4.98 Å². The van der Waals surface area contributed by atoms with Crippen molar-refractivity contribution in [1.29, 1.82) is 0 Å². The van der Waals surface area contributed by atoms with Crippen molar-refractivity contribution < 1.29 is 14.6 Å². The molecule has 0 unspecified atom stereocenters. The number of benzene rings is 2. The lowest BCUT2D eigenvalue weighted by Crippen LogP contribution is -2.13. The van der Waals surface area contributed by atoms with E-state index >= 15 is 0 Å². The zero-order chi connectivity index (χ0) is 17.3. The minimum Gasteiger partial charge on any atom is -0.324 e. The number of rotatable bonds is 4. The van der Waals surface area contributed by atoms with Crippen LogP contribution >= 0.6 is 0 Å². The maximum atomic E-state index is 12.2. The van der Waals surface area contributed by atoms with E-state index in [0.717, 1.165) is 18.2 Å². The third kappa shape index (κ3) is 2.88. The number of non-ortho nitro benzene ring substituents is 2. The first kappa shape index (κ1) is 15.1. The molecule has 0 aliphatic heterocycles. The number of para-hydroxylation sites is 2. The van der Waals surface area contributed by atoms with Crippen LogP contribution in [0.3, 0.4) is 0 Å². The summed E-state index contributed by atoms with van der Waals surface area (Å²) in [6, 6.07) is 9.78. The summed E-state index contributed by atoms with van der Waals surface area (Å²) in [5.74, 6) is -0.615. The summed E-state index contributed by atoms with van der Waals surface area (Å²) in [6.45, 7) is 0. The summed E-state index contributed by atoms with van der Waals surface area (Å²) in [5.41, 5.74) is 0.0184. The SMILES string of the molecule is O=C(Nc1nc2ccccc2[nH]1)c1cc([N+](=O)[O-])cc([N+](=O)[O-])c1. The van der Waals surface area contributed by atoms with Gasteiger partial charge in [0.1, 0.15) is 0 Å². The molecule has 0 spiro atoms. The van der Waals surface area contributed by atoms with Crippen molar-refractivity contribution >= 4 is 34.3 Å². The first-order valence-electron chi connectivity index (χ1n) is 6.64. The van der Waals surface area contributed by atoms with Gasteiger partial charge in [0.2, 0.25) is 5.95 Å². The number of aromatic nitrogens is 2. The van der Waals surface area contributed by atoms with Crippen molar-refractivity contribution in [2.75, 3.05) is 5.32 Å². The second kappa shape index (κ2) is 5.76. The molecule has 10 nitrogen and oxygen atoms in total. The molecule has 24 heavy (non-hydrogen) atoms. The number of nitro benzene ring substituents is 2. The van der Waals surface area contributed by atoms with Gasteiger partial charge in [-0.1, -0.05) is 12.1 Å². The highest BCUT2D eigenvalue weighted by molar-refractivity contribution is 6.04. The number of carbonyl (C=O) groups is 1. The van der Waals surface area contributed by atoms with Gasteiger partial charge in [-0.15, -0.1) is 0 Å². The van der Waals surface area contributed by atoms with E-state index in [9.17, 15) is 25.0 Å². The molecule has 0 aliphatic carbocycles. The number of nitrogens with one attached hydrogen (secondary N) is 2. The molecule has 2 aromatic carbocycles. The highest BCUT2D eigenvalue weighted by atomic mass is 16.6. The number of nitrogens with zero attached hydrogens (tertiary/aromatic N) is 3. The van der Waals surface area contributed by atoms with Crippen LogP contribution in [0.1, 0.15) is 10.4 Å². The van der Waals surface area contributed by atoms with Crippen molar-refractivity contribution in [3.63, 3.8) is 0 Å². The molecule has 0 atom stereocenters. The van der Waals surface area contributed by atoms with Gasteiger partial charge in [0.15, 0.2) is 0 Å². The lowest BCUT2D eigenvalue weighted by atomic mass is 10.1. The third-order valence-electron chi connectivity index (χ3n) is 3.21. The number of nitro groups is 2. The van der Waals surface area contributed by atoms with Crippen molar-refractivity contribution in [3.8, 4) is 0 Å². The van der Waals surface area contributed by atoms with Crippen LogP contribution in [-0.2, 0) is 0 Å². The molecular formula is C14H9N5O5. The molecule has 10 heteroatoms. The highest BCUT2D eigenvalue weighted by Gasteiger charge is 2.20. The molecule has 0 saturated heterocycles. The number of hydrogen-bond acceptors (Lipinski definition) is 6. The van der Waals surface area contributed by atoms with Crippen molar-refractivity contribution in [1.82, 2.24) is 9.97 Å². The Morgan fingerprint density at radius 1 is 1.04 bits per heavy atom. The predicted molar refractivity (Wildman–Crippen MR) is 83.8 cm³/mol. The van der Waals surface area contributed by atoms with Crippen molar-refractivity contribution in [3.05, 3.63) is 68.3 Å². The lowest BCUT2D eigenvalue weighted by Gasteiger charge is -2.02. The molecule has 0 radical (unpaired) electrons. The van der Waals surface area contributed by atoms with Gasteiger partial charge in [-0.3, -0.25) is 30.3 Å². The van der Waals surface area contributed by atoms with Crippen LogP contribution in [0.25, 0.3) is 11.0 Å². The minimum absolute atomic E-state index is 0.135. The summed E-state index contributed by atoms with van der Waals surface area (Å²) >= 11 is 0. The van der Waals surface area contributed by atoms with Crippen molar-refractivity contribution in [2.24, 2.45) is 0 Å². The average Bonchev–Trinajstić information content (AvgIpc) is 2.96. The molecule has 1 amide bonds. The van der Waals surface area contributed by atoms with Gasteiger partial charge in [0.05, 0.1) is 32.5 Å². The van der Waals surface area contributed by atoms with Gasteiger partial charge < -0.3 is 4.98 Å². The summed E-state index contributed by atoms with van der Waals surface area (Å²) in [4.78, 5) is 39.3. The standard InChI is InChI=1S/C14H9N5O5/c20-13(17-14-15-11-3-1-2-4-12(11)16-14)8-5-9(18(21)22)7-10(6-8)19(23)24/h1-7H,(H2,15,16,17,20). The van der Waals surface area contributed by atoms with E-state index in [-0.39, 0.29) is 11.5 Å². The molecule has 1 heterocycles. The topological polar surface area (TPSA) is 144 Å². The molecule has 2 N–H and O–H groups in total. The number of hydrogen-bond donors (Lipinski definition) is 2. The fourth-order valence-electron chi connectivity index (χ4n) is 2.13. The maximum Gasteiger partial charge on any atom is 0.277 e. The Hall–Kier alpha value is -3.82. The first-order valence-corrected chi connectivity index (χ1v) is 6.64. The number of amides is 1. The van der Waals surface area contributed by atoms with E-state index in [4.69, 9.17) is 0 Å². The molecule has 0 fully saturated rings. The molecule has 1 aromatic heterocycles. The van der Waals surface area contributed by atoms with Crippen LogP contribution in [0.4, 0.5) is 17.3 Å². The Kier molecular flexibility index (Phi) is 3.62. The van der Waals surface area contributed by atoms with Gasteiger partial charge in [0.25, 0.3) is 17.3 Å². The van der Waals surface area contributed by atoms with Gasteiger partial charge in [-0.05, 0) is 12.1 Å². The highest BCUT2D eigenvalue weighted by Crippen LogP contribution is 2.23. The molecular weight excluding hydrogens is 318 g/mol. The van der Waals surface area contributed by atoms with Crippen LogP contribution in [0.2, 0.25) is 0 Å². The summed E-state index contributed by atoms with van der Waals surface area (Å²) in [7, 11) is 0. The smallest absolute Gasteiger partial charge is 0.277 e. The normalized spacial score (nSPS) is 10.5. The molecule has 0 aliphatic rings. The summed E-state index contributed by atoms with van der Waals surface area (Å²) < 4.78 is 0. The van der Waals surface area contributed by atoms with Crippen LogP contribution in [0.5, 0.6) is 0 Å². The maximum absolute atomic E-state index is 12.2. The molecule has 3 aromatic rings. The lowest BCUT2D eigenvalue weighted by molar-refractivity contribution is -0.394. The molecule has 3 rings (SSSR count). The molecule has 0 bridgehead atoms. The molecule has 120 valence electrons. The summed E-state index contributed by atoms with van der Waals surface area (Å²) in [5, 5.41) is 24.1. The van der Waals surface area contributed by atoms with Crippen LogP contribution < -0.4 is 5.32 Å². The Morgan fingerprint density at radius 3 is 2.25 bits per heavy atom. The van der Waals surface area contributed by atoms with Gasteiger partial charge in [0, 0.05) is 12.1 Å². The Balaban J connectivity index is 1.94. The zero-order valence-electron chi connectivity index (χ0n) is 11.9. The zero-order valence-corrected chi connectivity index (χ0v) is 11.9. The number of anilines is 1. The van der Waals surface area contributed by atoms with Crippen molar-refractivity contribution in [2.45, 2.75) is 0 Å². The van der Waals surface area contributed by atoms with E-state index in [1.54, 1.807) is 24.3 Å². The predicted octanol–water partition coefficient (Wildman–Crippen LogP) is 2.63. The van der Waals surface area contributed by atoms with E-state index in [2.05, 4.69) is 15.3 Å². The second-order valence-corrected chi connectivity index (χ2v) is 4.81. The van der Waals surface area contributed by atoms with Crippen LogP contribution in [0, 0.1) is 20.2 Å². The average molecular weight is 327 g/mol. The van der Waals surface area contributed by atoms with E-state index in [1.807, 2.05) is 0 Å². The number of H-pyrrole nitrogens is 1. The monoisotopic (exact) mass is 327 g/mol. The fraction of sp³-hybridized carbons (Fsp3) is 0. The Labute approximate surface area is 133 Å². The van der Waals surface area contributed by atoms with E-state index < -0.39 is 27.1 Å². The minimum atomic E-state index is -0.801. The van der Waals surface area contributed by atoms with Crippen LogP contribution in [0.15, 0.2) is 42.5 Å². The first-order chi connectivity index (χ1) is 11.4. The van der Waals surface area contributed by atoms with E-state index in [0.29, 0.717) is 11.0 Å².